The first-order chi connectivity index (χ1) is 10.3. The first-order valence-electron chi connectivity index (χ1n) is 6.92. The predicted octanol–water partition coefficient (Wildman–Crippen LogP) is 4.90. The average Bonchev–Trinajstić information content (AvgIpc) is 2.52. The van der Waals surface area contributed by atoms with Crippen LogP contribution in [0.25, 0.3) is 10.8 Å². The molecule has 0 unspecified atom stereocenters. The molecule has 2 N–H and O–H groups in total. The highest BCUT2D eigenvalue weighted by Gasteiger charge is 2.07. The summed E-state index contributed by atoms with van der Waals surface area (Å²) in [6.45, 7) is 0.663. The third-order valence-electron chi connectivity index (χ3n) is 3.41. The molecule has 0 radical (unpaired) electrons. The Morgan fingerprint density at radius 1 is 0.905 bits per heavy atom. The molecule has 0 saturated heterocycles. The lowest BCUT2D eigenvalue weighted by Gasteiger charge is -2.10. The van der Waals surface area contributed by atoms with Crippen molar-refractivity contribution in [2.24, 2.45) is 5.73 Å². The smallest absolute Gasteiger partial charge is 0.142 e. The Hall–Kier alpha value is -1.84. The molecule has 0 bridgehead atoms. The molecule has 0 amide bonds. The second-order valence-corrected chi connectivity index (χ2v) is 5.68. The van der Waals surface area contributed by atoms with Crippen LogP contribution in [0.1, 0.15) is 5.56 Å². The van der Waals surface area contributed by atoms with E-state index in [1.54, 1.807) is 0 Å². The molecule has 3 aromatic carbocycles. The van der Waals surface area contributed by atoms with Gasteiger partial charge >= 0.3 is 0 Å². The minimum absolute atomic E-state index is 0.663. The first-order valence-corrected chi connectivity index (χ1v) is 7.71. The van der Waals surface area contributed by atoms with E-state index >= 15 is 0 Å². The van der Waals surface area contributed by atoms with Crippen molar-refractivity contribution >= 4 is 26.7 Å². The van der Waals surface area contributed by atoms with Gasteiger partial charge in [-0.05, 0) is 63.4 Å². The molecule has 0 saturated carbocycles. The van der Waals surface area contributed by atoms with E-state index < -0.39 is 0 Å². The number of hydrogen-bond donors (Lipinski definition) is 1. The molecular weight excluding hydrogens is 326 g/mol. The van der Waals surface area contributed by atoms with Crippen molar-refractivity contribution in [1.29, 1.82) is 0 Å². The molecule has 0 aromatic heterocycles. The van der Waals surface area contributed by atoms with Crippen LogP contribution in [-0.4, -0.2) is 6.54 Å². The van der Waals surface area contributed by atoms with Gasteiger partial charge in [0.1, 0.15) is 11.5 Å². The van der Waals surface area contributed by atoms with Gasteiger partial charge in [0.2, 0.25) is 0 Å². The van der Waals surface area contributed by atoms with E-state index in [1.807, 2.05) is 30.3 Å². The number of nitrogens with two attached hydrogens (primary N) is 1. The van der Waals surface area contributed by atoms with Crippen molar-refractivity contribution in [1.82, 2.24) is 0 Å². The molecule has 106 valence electrons. The van der Waals surface area contributed by atoms with Crippen LogP contribution in [0.5, 0.6) is 11.5 Å². The van der Waals surface area contributed by atoms with Gasteiger partial charge in [0.15, 0.2) is 0 Å². The molecule has 3 rings (SSSR count). The van der Waals surface area contributed by atoms with Gasteiger partial charge in [-0.15, -0.1) is 0 Å². The van der Waals surface area contributed by atoms with E-state index in [9.17, 15) is 0 Å². The Labute approximate surface area is 132 Å². The van der Waals surface area contributed by atoms with Gasteiger partial charge in [-0.25, -0.2) is 0 Å². The number of ether oxygens (including phenoxy) is 1. The molecule has 0 aliphatic carbocycles. The molecule has 0 fully saturated rings. The van der Waals surface area contributed by atoms with Crippen LogP contribution < -0.4 is 10.5 Å². The van der Waals surface area contributed by atoms with Gasteiger partial charge in [-0.2, -0.15) is 0 Å². The van der Waals surface area contributed by atoms with Gasteiger partial charge in [0.05, 0.1) is 4.47 Å². The maximum Gasteiger partial charge on any atom is 0.142 e. The molecule has 0 spiro atoms. The summed E-state index contributed by atoms with van der Waals surface area (Å²) in [5.41, 5.74) is 6.78. The van der Waals surface area contributed by atoms with Gasteiger partial charge in [-0.1, -0.05) is 42.5 Å². The second kappa shape index (κ2) is 6.29. The fourth-order valence-electron chi connectivity index (χ4n) is 2.31. The SMILES string of the molecule is NCCc1ccc(Oc2ccc3ccccc3c2Br)cc1. The zero-order valence-corrected chi connectivity index (χ0v) is 13.1. The van der Waals surface area contributed by atoms with E-state index in [-0.39, 0.29) is 0 Å². The summed E-state index contributed by atoms with van der Waals surface area (Å²) in [7, 11) is 0. The van der Waals surface area contributed by atoms with Crippen molar-refractivity contribution in [2.75, 3.05) is 6.54 Å². The molecule has 0 atom stereocenters. The Balaban J connectivity index is 1.89. The van der Waals surface area contributed by atoms with Crippen LogP contribution in [0, 0.1) is 0 Å². The highest BCUT2D eigenvalue weighted by Crippen LogP contribution is 2.35. The van der Waals surface area contributed by atoms with Crippen molar-refractivity contribution in [3.8, 4) is 11.5 Å². The minimum Gasteiger partial charge on any atom is -0.456 e. The number of benzene rings is 3. The average molecular weight is 342 g/mol. The molecule has 3 heteroatoms. The summed E-state index contributed by atoms with van der Waals surface area (Å²) in [6.07, 6.45) is 0.889. The lowest BCUT2D eigenvalue weighted by atomic mass is 10.1. The van der Waals surface area contributed by atoms with E-state index in [0.29, 0.717) is 6.54 Å². The van der Waals surface area contributed by atoms with Crippen LogP contribution in [0.15, 0.2) is 65.1 Å². The van der Waals surface area contributed by atoms with Crippen molar-refractivity contribution < 1.29 is 4.74 Å². The zero-order valence-electron chi connectivity index (χ0n) is 11.6. The van der Waals surface area contributed by atoms with E-state index in [1.165, 1.54) is 10.9 Å². The highest BCUT2D eigenvalue weighted by molar-refractivity contribution is 9.10. The van der Waals surface area contributed by atoms with Crippen LogP contribution in [0.2, 0.25) is 0 Å². The Kier molecular flexibility index (Phi) is 4.23. The largest absolute Gasteiger partial charge is 0.456 e. The van der Waals surface area contributed by atoms with Crippen LogP contribution in [-0.2, 0) is 6.42 Å². The lowest BCUT2D eigenvalue weighted by Crippen LogP contribution is -2.02. The topological polar surface area (TPSA) is 35.2 Å². The number of halogens is 1. The fourth-order valence-corrected chi connectivity index (χ4v) is 2.88. The van der Waals surface area contributed by atoms with Crippen LogP contribution >= 0.6 is 15.9 Å². The van der Waals surface area contributed by atoms with E-state index in [2.05, 4.69) is 46.3 Å². The molecule has 0 aliphatic heterocycles. The van der Waals surface area contributed by atoms with Crippen LogP contribution in [0.3, 0.4) is 0 Å². The zero-order chi connectivity index (χ0) is 14.7. The Morgan fingerprint density at radius 2 is 1.67 bits per heavy atom. The quantitative estimate of drug-likeness (QED) is 0.732. The number of rotatable bonds is 4. The van der Waals surface area contributed by atoms with Gasteiger partial charge in [-0.3, -0.25) is 0 Å². The highest BCUT2D eigenvalue weighted by atomic mass is 79.9. The van der Waals surface area contributed by atoms with Crippen molar-refractivity contribution in [3.05, 3.63) is 70.7 Å². The minimum atomic E-state index is 0.663. The second-order valence-electron chi connectivity index (χ2n) is 4.88. The number of hydrogen-bond acceptors (Lipinski definition) is 2. The lowest BCUT2D eigenvalue weighted by molar-refractivity contribution is 0.480. The summed E-state index contributed by atoms with van der Waals surface area (Å²) in [6, 6.07) is 20.3. The Bertz CT molecular complexity index is 753. The Morgan fingerprint density at radius 3 is 2.43 bits per heavy atom. The normalized spacial score (nSPS) is 10.8. The molecule has 0 heterocycles. The van der Waals surface area contributed by atoms with E-state index in [4.69, 9.17) is 10.5 Å². The van der Waals surface area contributed by atoms with Gasteiger partial charge in [0.25, 0.3) is 0 Å². The number of fused-ring (bicyclic) bond motifs is 1. The molecule has 0 aliphatic rings. The summed E-state index contributed by atoms with van der Waals surface area (Å²) >= 11 is 3.64. The summed E-state index contributed by atoms with van der Waals surface area (Å²) in [4.78, 5) is 0. The monoisotopic (exact) mass is 341 g/mol. The van der Waals surface area contributed by atoms with Crippen LogP contribution in [0.4, 0.5) is 0 Å². The van der Waals surface area contributed by atoms with Crippen molar-refractivity contribution in [3.63, 3.8) is 0 Å². The predicted molar refractivity (Wildman–Crippen MR) is 90.9 cm³/mol. The standard InChI is InChI=1S/C18H16BrNO/c19-18-16-4-2-1-3-14(16)7-10-17(18)21-15-8-5-13(6-9-15)11-12-20/h1-10H,11-12,20H2. The third kappa shape index (κ3) is 3.09. The maximum absolute atomic E-state index is 5.97. The van der Waals surface area contributed by atoms with E-state index in [0.717, 1.165) is 27.8 Å². The van der Waals surface area contributed by atoms with Gasteiger partial charge in [0, 0.05) is 0 Å². The molecular formula is C18H16BrNO. The molecule has 3 aromatic rings. The summed E-state index contributed by atoms with van der Waals surface area (Å²) in [5, 5.41) is 2.34. The third-order valence-corrected chi connectivity index (χ3v) is 4.23. The summed E-state index contributed by atoms with van der Waals surface area (Å²) in [5.74, 6) is 1.65. The van der Waals surface area contributed by atoms with Gasteiger partial charge < -0.3 is 10.5 Å². The fraction of sp³-hybridized carbons (Fsp3) is 0.111. The molecule has 21 heavy (non-hydrogen) atoms. The molecule has 2 nitrogen and oxygen atoms in total. The summed E-state index contributed by atoms with van der Waals surface area (Å²) < 4.78 is 6.95. The van der Waals surface area contributed by atoms with Crippen molar-refractivity contribution in [2.45, 2.75) is 6.42 Å². The maximum atomic E-state index is 5.97. The first kappa shape index (κ1) is 14.1.